The van der Waals surface area contributed by atoms with Crippen molar-refractivity contribution < 1.29 is 27.8 Å². The zero-order valence-corrected chi connectivity index (χ0v) is 8.13. The number of aliphatic hydroxyl groups excluding tert-OH is 1. The Kier molecular flexibility index (Phi) is 3.55. The summed E-state index contributed by atoms with van der Waals surface area (Å²) >= 11 is 0. The summed E-state index contributed by atoms with van der Waals surface area (Å²) in [6.07, 6.45) is 0.551. The number of hydrogen-bond donors (Lipinski definition) is 1. The van der Waals surface area contributed by atoms with E-state index in [-0.39, 0.29) is 6.07 Å². The third-order valence-electron chi connectivity index (χ3n) is 1.74. The lowest BCUT2D eigenvalue weighted by Gasteiger charge is -2.03. The van der Waals surface area contributed by atoms with Gasteiger partial charge in [-0.15, -0.1) is 0 Å². The fourth-order valence-corrected chi connectivity index (χ4v) is 0.967. The second-order valence-electron chi connectivity index (χ2n) is 2.80. The topological polar surface area (TPSA) is 46.5 Å². The number of halogens is 3. The number of carbonyl (C=O) groups excluding carboxylic acids is 1. The Bertz CT molecular complexity index is 455. The van der Waals surface area contributed by atoms with Crippen LogP contribution in [0.15, 0.2) is 18.2 Å². The van der Waals surface area contributed by atoms with Gasteiger partial charge in [0, 0.05) is 6.07 Å². The molecular weight excluding hydrogens is 225 g/mol. The lowest BCUT2D eigenvalue weighted by atomic mass is 10.1. The number of benzene rings is 1. The van der Waals surface area contributed by atoms with Gasteiger partial charge in [0.25, 0.3) is 0 Å². The Morgan fingerprint density at radius 1 is 1.25 bits per heavy atom. The first-order chi connectivity index (χ1) is 7.45. The number of rotatable bonds is 2. The van der Waals surface area contributed by atoms with Crippen molar-refractivity contribution in [2.75, 3.05) is 7.11 Å². The van der Waals surface area contributed by atoms with Crippen LogP contribution in [0.2, 0.25) is 0 Å². The molecule has 0 heterocycles. The Morgan fingerprint density at radius 2 is 1.81 bits per heavy atom. The van der Waals surface area contributed by atoms with Gasteiger partial charge in [0.2, 0.25) is 0 Å². The molecule has 3 nitrogen and oxygen atoms in total. The molecule has 0 unspecified atom stereocenters. The highest BCUT2D eigenvalue weighted by Gasteiger charge is 2.13. The number of methoxy groups -OCH3 is 1. The number of esters is 1. The average Bonchev–Trinajstić information content (AvgIpc) is 2.23. The largest absolute Gasteiger partial charge is 0.507 e. The first-order valence-electron chi connectivity index (χ1n) is 4.09. The van der Waals surface area contributed by atoms with E-state index in [1.165, 1.54) is 0 Å². The van der Waals surface area contributed by atoms with Gasteiger partial charge in [0.1, 0.15) is 11.6 Å². The molecular formula is C10H7F3O3. The molecule has 0 aliphatic carbocycles. The Balaban J connectivity index is 3.18. The monoisotopic (exact) mass is 232 g/mol. The summed E-state index contributed by atoms with van der Waals surface area (Å²) in [7, 11) is 1.05. The van der Waals surface area contributed by atoms with Gasteiger partial charge >= 0.3 is 5.97 Å². The molecule has 1 N–H and O–H groups in total. The summed E-state index contributed by atoms with van der Waals surface area (Å²) in [5.74, 6) is -5.69. The first-order valence-corrected chi connectivity index (χ1v) is 4.09. The Hall–Kier alpha value is -1.98. The van der Waals surface area contributed by atoms with Crippen molar-refractivity contribution in [2.45, 2.75) is 0 Å². The van der Waals surface area contributed by atoms with Gasteiger partial charge in [0.05, 0.1) is 18.7 Å². The summed E-state index contributed by atoms with van der Waals surface area (Å²) < 4.78 is 42.5. The smallest absolute Gasteiger partial charge is 0.334 e. The van der Waals surface area contributed by atoms with Crippen molar-refractivity contribution in [3.8, 4) is 0 Å². The van der Waals surface area contributed by atoms with Crippen LogP contribution in [0.25, 0.3) is 5.76 Å². The van der Waals surface area contributed by atoms with E-state index in [1.54, 1.807) is 0 Å². The van der Waals surface area contributed by atoms with Gasteiger partial charge in [-0.1, -0.05) is 0 Å². The van der Waals surface area contributed by atoms with Crippen LogP contribution in [0.4, 0.5) is 13.2 Å². The number of aliphatic hydroxyl groups is 1. The predicted octanol–water partition coefficient (Wildman–Crippen LogP) is 2.18. The summed E-state index contributed by atoms with van der Waals surface area (Å²) in [6.45, 7) is 0. The van der Waals surface area contributed by atoms with Crippen molar-refractivity contribution in [1.29, 1.82) is 0 Å². The van der Waals surface area contributed by atoms with Gasteiger partial charge in [0.15, 0.2) is 11.6 Å². The molecule has 16 heavy (non-hydrogen) atoms. The minimum Gasteiger partial charge on any atom is -0.507 e. The molecule has 0 saturated carbocycles. The molecule has 0 bridgehead atoms. The standard InChI is InChI=1S/C10H7F3O3/c1-16-10(15)4-9(14)5-2-7(12)8(13)3-6(5)11/h2-4,14H,1H3. The highest BCUT2D eigenvalue weighted by atomic mass is 19.2. The molecule has 0 saturated heterocycles. The van der Waals surface area contributed by atoms with Crippen LogP contribution in [0, 0.1) is 17.5 Å². The Morgan fingerprint density at radius 3 is 2.38 bits per heavy atom. The maximum atomic E-state index is 13.1. The van der Waals surface area contributed by atoms with Gasteiger partial charge in [-0.25, -0.2) is 18.0 Å². The van der Waals surface area contributed by atoms with Crippen LogP contribution in [-0.2, 0) is 9.53 Å². The van der Waals surface area contributed by atoms with Gasteiger partial charge in [-0.05, 0) is 6.07 Å². The molecule has 0 atom stereocenters. The van der Waals surface area contributed by atoms with Crippen molar-refractivity contribution in [3.05, 3.63) is 41.2 Å². The highest BCUT2D eigenvalue weighted by Crippen LogP contribution is 2.19. The number of hydrogen-bond acceptors (Lipinski definition) is 3. The maximum Gasteiger partial charge on any atom is 0.334 e. The number of ether oxygens (including phenoxy) is 1. The highest BCUT2D eigenvalue weighted by molar-refractivity contribution is 5.89. The lowest BCUT2D eigenvalue weighted by Crippen LogP contribution is -1.99. The SMILES string of the molecule is COC(=O)C=C(O)c1cc(F)c(F)cc1F. The summed E-state index contributed by atoms with van der Waals surface area (Å²) in [5, 5.41) is 9.25. The van der Waals surface area contributed by atoms with E-state index in [1.807, 2.05) is 0 Å². The van der Waals surface area contributed by atoms with Crippen LogP contribution in [0.5, 0.6) is 0 Å². The minimum atomic E-state index is -1.38. The first kappa shape index (κ1) is 12.1. The molecule has 0 fully saturated rings. The third kappa shape index (κ3) is 2.53. The normalized spacial score (nSPS) is 11.4. The molecule has 0 aromatic heterocycles. The van der Waals surface area contributed by atoms with Gasteiger partial charge < -0.3 is 9.84 Å². The predicted molar refractivity (Wildman–Crippen MR) is 48.9 cm³/mol. The molecule has 0 aliphatic rings. The van der Waals surface area contributed by atoms with Crippen molar-refractivity contribution in [1.82, 2.24) is 0 Å². The molecule has 6 heteroatoms. The lowest BCUT2D eigenvalue weighted by molar-refractivity contribution is -0.134. The molecule has 0 spiro atoms. The molecule has 0 amide bonds. The van der Waals surface area contributed by atoms with Crippen LogP contribution < -0.4 is 0 Å². The van der Waals surface area contributed by atoms with Gasteiger partial charge in [-0.3, -0.25) is 0 Å². The van der Waals surface area contributed by atoms with Crippen molar-refractivity contribution in [2.24, 2.45) is 0 Å². The second-order valence-corrected chi connectivity index (χ2v) is 2.80. The van der Waals surface area contributed by atoms with Crippen molar-refractivity contribution in [3.63, 3.8) is 0 Å². The van der Waals surface area contributed by atoms with Crippen LogP contribution in [0.3, 0.4) is 0 Å². The fraction of sp³-hybridized carbons (Fsp3) is 0.100. The summed E-state index contributed by atoms with van der Waals surface area (Å²) in [4.78, 5) is 10.7. The summed E-state index contributed by atoms with van der Waals surface area (Å²) in [6, 6.07) is 0.714. The van der Waals surface area contributed by atoms with E-state index in [0.717, 1.165) is 7.11 Å². The maximum absolute atomic E-state index is 13.1. The van der Waals surface area contributed by atoms with Crippen LogP contribution >= 0.6 is 0 Å². The molecule has 1 aromatic rings. The quantitative estimate of drug-likeness (QED) is 0.368. The Labute approximate surface area is 88.8 Å². The van der Waals surface area contributed by atoms with E-state index >= 15 is 0 Å². The van der Waals surface area contributed by atoms with E-state index in [0.29, 0.717) is 12.1 Å². The average molecular weight is 232 g/mol. The minimum absolute atomic E-state index is 0.270. The third-order valence-corrected chi connectivity index (χ3v) is 1.74. The van der Waals surface area contributed by atoms with E-state index in [9.17, 15) is 23.1 Å². The van der Waals surface area contributed by atoms with E-state index in [2.05, 4.69) is 4.74 Å². The molecule has 86 valence electrons. The molecule has 0 aliphatic heterocycles. The van der Waals surface area contributed by atoms with E-state index in [4.69, 9.17) is 0 Å². The van der Waals surface area contributed by atoms with E-state index < -0.39 is 34.7 Å². The molecule has 0 radical (unpaired) electrons. The van der Waals surface area contributed by atoms with Crippen LogP contribution in [-0.4, -0.2) is 18.2 Å². The van der Waals surface area contributed by atoms with Crippen molar-refractivity contribution >= 4 is 11.7 Å². The zero-order valence-electron chi connectivity index (χ0n) is 8.13. The van der Waals surface area contributed by atoms with Crippen LogP contribution in [0.1, 0.15) is 5.56 Å². The zero-order chi connectivity index (χ0) is 12.3. The van der Waals surface area contributed by atoms with Gasteiger partial charge in [-0.2, -0.15) is 0 Å². The number of carbonyl (C=O) groups is 1. The molecule has 1 aromatic carbocycles. The fourth-order valence-electron chi connectivity index (χ4n) is 0.967. The molecule has 1 rings (SSSR count). The summed E-state index contributed by atoms with van der Waals surface area (Å²) in [5.41, 5.74) is -0.621. The second kappa shape index (κ2) is 4.69.